The highest BCUT2D eigenvalue weighted by molar-refractivity contribution is 7.80. The highest BCUT2D eigenvalue weighted by atomic mass is 32.1. The van der Waals surface area contributed by atoms with Crippen molar-refractivity contribution < 1.29 is 29.4 Å². The van der Waals surface area contributed by atoms with Crippen LogP contribution in [-0.4, -0.2) is 57.8 Å². The first-order valence-electron chi connectivity index (χ1n) is 7.51. The van der Waals surface area contributed by atoms with Crippen LogP contribution in [0.2, 0.25) is 0 Å². The van der Waals surface area contributed by atoms with Gasteiger partial charge in [-0.2, -0.15) is 12.6 Å². The van der Waals surface area contributed by atoms with E-state index in [0.717, 1.165) is 0 Å². The number of hydrogen-bond acceptors (Lipinski definition) is 6. The molecule has 0 heterocycles. The molecule has 0 aliphatic heterocycles. The van der Waals surface area contributed by atoms with Crippen molar-refractivity contribution in [3.8, 4) is 0 Å². The standard InChI is InChI=1S/C14H25N3O6S/c1-7(2)11(14(22)23)17-13(21)9(6-24)16-12(20)8(15)4-3-5-10(18)19/h7-9,11,24H,3-6,15H2,1-2H3,(H,16,20)(H,17,21)(H,18,19)(H,22,23)/t8?,9-,11+/m0/s1. The largest absolute Gasteiger partial charge is 0.481 e. The van der Waals surface area contributed by atoms with Crippen LogP contribution in [0.5, 0.6) is 0 Å². The van der Waals surface area contributed by atoms with Crippen molar-refractivity contribution in [1.82, 2.24) is 10.6 Å². The molecule has 0 aromatic carbocycles. The van der Waals surface area contributed by atoms with Gasteiger partial charge >= 0.3 is 11.9 Å². The Bertz CT molecular complexity index is 471. The third-order valence-corrected chi connectivity index (χ3v) is 3.65. The molecule has 0 aromatic rings. The molecule has 9 nitrogen and oxygen atoms in total. The van der Waals surface area contributed by atoms with Gasteiger partial charge in [-0.05, 0) is 18.8 Å². The van der Waals surface area contributed by atoms with Crippen LogP contribution in [-0.2, 0) is 19.2 Å². The minimum atomic E-state index is -1.17. The van der Waals surface area contributed by atoms with Crippen LogP contribution in [0.1, 0.15) is 33.1 Å². The average molecular weight is 363 g/mol. The second-order valence-electron chi connectivity index (χ2n) is 5.70. The highest BCUT2D eigenvalue weighted by Gasteiger charge is 2.28. The Labute approximate surface area is 145 Å². The molecule has 2 amide bonds. The van der Waals surface area contributed by atoms with Crippen molar-refractivity contribution in [3.63, 3.8) is 0 Å². The summed E-state index contributed by atoms with van der Waals surface area (Å²) in [5, 5.41) is 22.4. The molecule has 138 valence electrons. The van der Waals surface area contributed by atoms with E-state index < -0.39 is 41.9 Å². The lowest BCUT2D eigenvalue weighted by atomic mass is 10.0. The molecule has 6 N–H and O–H groups in total. The van der Waals surface area contributed by atoms with Crippen LogP contribution >= 0.6 is 12.6 Å². The first-order valence-corrected chi connectivity index (χ1v) is 8.15. The summed E-state index contributed by atoms with van der Waals surface area (Å²) in [6.07, 6.45) is 0.283. The van der Waals surface area contributed by atoms with Gasteiger partial charge < -0.3 is 26.6 Å². The molecule has 0 spiro atoms. The van der Waals surface area contributed by atoms with Crippen LogP contribution < -0.4 is 16.4 Å². The number of nitrogens with two attached hydrogens (primary N) is 1. The maximum atomic E-state index is 12.1. The van der Waals surface area contributed by atoms with E-state index in [1.807, 2.05) is 0 Å². The molecule has 10 heteroatoms. The second kappa shape index (κ2) is 10.9. The van der Waals surface area contributed by atoms with E-state index in [2.05, 4.69) is 23.3 Å². The van der Waals surface area contributed by atoms with Gasteiger partial charge in [-0.1, -0.05) is 13.8 Å². The molecule has 0 fully saturated rings. The van der Waals surface area contributed by atoms with Gasteiger partial charge in [-0.25, -0.2) is 4.79 Å². The molecular weight excluding hydrogens is 338 g/mol. The highest BCUT2D eigenvalue weighted by Crippen LogP contribution is 2.04. The van der Waals surface area contributed by atoms with E-state index in [4.69, 9.17) is 15.9 Å². The van der Waals surface area contributed by atoms with Gasteiger partial charge in [0.15, 0.2) is 0 Å². The lowest BCUT2D eigenvalue weighted by molar-refractivity contribution is -0.143. The molecule has 0 bridgehead atoms. The Balaban J connectivity index is 4.61. The fourth-order valence-corrected chi connectivity index (χ4v) is 2.10. The molecule has 0 aromatic heterocycles. The molecular formula is C14H25N3O6S. The Hall–Kier alpha value is -1.81. The van der Waals surface area contributed by atoms with E-state index in [1.165, 1.54) is 0 Å². The van der Waals surface area contributed by atoms with Gasteiger partial charge in [0, 0.05) is 12.2 Å². The van der Waals surface area contributed by atoms with Crippen LogP contribution in [0.15, 0.2) is 0 Å². The summed E-state index contributed by atoms with van der Waals surface area (Å²) >= 11 is 3.98. The summed E-state index contributed by atoms with van der Waals surface area (Å²) < 4.78 is 0. The summed E-state index contributed by atoms with van der Waals surface area (Å²) in [6.45, 7) is 3.29. The molecule has 0 aliphatic carbocycles. The summed E-state index contributed by atoms with van der Waals surface area (Å²) in [5.74, 6) is -3.81. The number of nitrogens with one attached hydrogen (secondary N) is 2. The summed E-state index contributed by atoms with van der Waals surface area (Å²) in [4.78, 5) is 45.6. The van der Waals surface area contributed by atoms with Crippen molar-refractivity contribution in [1.29, 1.82) is 0 Å². The SMILES string of the molecule is CC(C)[C@@H](NC(=O)[C@H](CS)NC(=O)C(N)CCCC(=O)O)C(=O)O. The van der Waals surface area contributed by atoms with Crippen LogP contribution in [0.3, 0.4) is 0 Å². The lowest BCUT2D eigenvalue weighted by Crippen LogP contribution is -2.56. The number of carbonyl (C=O) groups excluding carboxylic acids is 2. The first-order chi connectivity index (χ1) is 11.1. The van der Waals surface area contributed by atoms with Crippen molar-refractivity contribution >= 4 is 36.4 Å². The molecule has 0 radical (unpaired) electrons. The zero-order valence-electron chi connectivity index (χ0n) is 13.7. The van der Waals surface area contributed by atoms with Gasteiger partial charge in [-0.15, -0.1) is 0 Å². The molecule has 0 aliphatic rings. The molecule has 0 saturated carbocycles. The number of carboxylic acid groups (broad SMARTS) is 2. The van der Waals surface area contributed by atoms with Gasteiger partial charge in [0.1, 0.15) is 12.1 Å². The molecule has 3 atom stereocenters. The minimum Gasteiger partial charge on any atom is -0.481 e. The van der Waals surface area contributed by atoms with Crippen molar-refractivity contribution in [3.05, 3.63) is 0 Å². The smallest absolute Gasteiger partial charge is 0.326 e. The number of amides is 2. The normalized spacial score (nSPS) is 14.5. The van der Waals surface area contributed by atoms with Crippen molar-refractivity contribution in [2.75, 3.05) is 5.75 Å². The molecule has 24 heavy (non-hydrogen) atoms. The van der Waals surface area contributed by atoms with Gasteiger partial charge in [0.2, 0.25) is 11.8 Å². The van der Waals surface area contributed by atoms with Gasteiger partial charge in [-0.3, -0.25) is 14.4 Å². The van der Waals surface area contributed by atoms with Gasteiger partial charge in [0.25, 0.3) is 0 Å². The Morgan fingerprint density at radius 2 is 1.67 bits per heavy atom. The number of hydrogen-bond donors (Lipinski definition) is 6. The van der Waals surface area contributed by atoms with Gasteiger partial charge in [0.05, 0.1) is 6.04 Å². The first kappa shape index (κ1) is 22.2. The number of rotatable bonds is 11. The Kier molecular flexibility index (Phi) is 10.0. The number of thiol groups is 1. The fourth-order valence-electron chi connectivity index (χ4n) is 1.84. The third kappa shape index (κ3) is 8.16. The maximum absolute atomic E-state index is 12.1. The topological polar surface area (TPSA) is 159 Å². The van der Waals surface area contributed by atoms with E-state index in [-0.39, 0.29) is 30.9 Å². The Morgan fingerprint density at radius 3 is 2.08 bits per heavy atom. The average Bonchev–Trinajstić information content (AvgIpc) is 2.48. The molecule has 0 saturated heterocycles. The number of aliphatic carboxylic acids is 2. The monoisotopic (exact) mass is 363 g/mol. The zero-order valence-corrected chi connectivity index (χ0v) is 14.6. The predicted molar refractivity (Wildman–Crippen MR) is 89.7 cm³/mol. The van der Waals surface area contributed by atoms with Crippen molar-refractivity contribution in [2.45, 2.75) is 51.2 Å². The van der Waals surface area contributed by atoms with E-state index in [9.17, 15) is 19.2 Å². The lowest BCUT2D eigenvalue weighted by Gasteiger charge is -2.23. The van der Waals surface area contributed by atoms with Crippen molar-refractivity contribution in [2.24, 2.45) is 11.7 Å². The third-order valence-electron chi connectivity index (χ3n) is 3.29. The summed E-state index contributed by atoms with van der Waals surface area (Å²) in [6, 6.07) is -3.08. The quantitative estimate of drug-likeness (QED) is 0.262. The molecule has 1 unspecified atom stereocenters. The van der Waals surface area contributed by atoms with E-state index >= 15 is 0 Å². The number of carboxylic acids is 2. The minimum absolute atomic E-state index is 0.0378. The van der Waals surface area contributed by atoms with Crippen LogP contribution in [0, 0.1) is 5.92 Å². The van der Waals surface area contributed by atoms with E-state index in [1.54, 1.807) is 13.8 Å². The Morgan fingerprint density at radius 1 is 1.08 bits per heavy atom. The predicted octanol–water partition coefficient (Wildman–Crippen LogP) is -0.791. The summed E-state index contributed by atoms with van der Waals surface area (Å²) in [7, 11) is 0. The van der Waals surface area contributed by atoms with E-state index in [0.29, 0.717) is 0 Å². The second-order valence-corrected chi connectivity index (χ2v) is 6.07. The van der Waals surface area contributed by atoms with Crippen LogP contribution in [0.4, 0.5) is 0 Å². The maximum Gasteiger partial charge on any atom is 0.326 e. The molecule has 0 rings (SSSR count). The van der Waals surface area contributed by atoms with Crippen LogP contribution in [0.25, 0.3) is 0 Å². The fraction of sp³-hybridized carbons (Fsp3) is 0.714. The number of carbonyl (C=O) groups is 4. The zero-order chi connectivity index (χ0) is 18.9. The summed E-state index contributed by atoms with van der Waals surface area (Å²) in [5.41, 5.74) is 5.65.